The quantitative estimate of drug-likeness (QED) is 0.696. The highest BCUT2D eigenvalue weighted by atomic mass is 15.1. The average molecular weight is 202 g/mol. The Morgan fingerprint density at radius 3 is 2.40 bits per heavy atom. The lowest BCUT2D eigenvalue weighted by molar-refractivity contribution is 0.591. The number of aromatic amines is 1. The Labute approximate surface area is 90.7 Å². The Morgan fingerprint density at radius 1 is 1.13 bits per heavy atom. The lowest BCUT2D eigenvalue weighted by atomic mass is 9.81. The van der Waals surface area contributed by atoms with E-state index in [2.05, 4.69) is 56.9 Å². The van der Waals surface area contributed by atoms with Crippen molar-refractivity contribution in [3.63, 3.8) is 0 Å². The fourth-order valence-corrected chi connectivity index (χ4v) is 2.34. The predicted molar refractivity (Wildman–Crippen MR) is 64.3 cm³/mol. The summed E-state index contributed by atoms with van der Waals surface area (Å²) in [4.78, 5) is 0. The first-order valence-corrected chi connectivity index (χ1v) is 5.36. The first kappa shape index (κ1) is 10.2. The van der Waals surface area contributed by atoms with Crippen molar-refractivity contribution in [3.05, 3.63) is 29.0 Å². The summed E-state index contributed by atoms with van der Waals surface area (Å²) in [5, 5.41) is 8.66. The smallest absolute Gasteiger partial charge is 0.0673 e. The maximum atomic E-state index is 4.29. The van der Waals surface area contributed by atoms with E-state index in [1.54, 1.807) is 0 Å². The number of nitrogens with zero attached hydrogens (tertiary/aromatic N) is 1. The molecule has 0 bridgehead atoms. The van der Waals surface area contributed by atoms with E-state index in [0.29, 0.717) is 0 Å². The summed E-state index contributed by atoms with van der Waals surface area (Å²) in [5.74, 6) is 0. The standard InChI is InChI=1S/C13H18N2/c1-8-6-7-10-11(9(2)14-15-10)12(8)13(3,4)5/h6-7H,1-5H3,(H,14,15). The molecule has 0 saturated heterocycles. The van der Waals surface area contributed by atoms with Gasteiger partial charge in [0.1, 0.15) is 0 Å². The van der Waals surface area contributed by atoms with Crippen LogP contribution in [-0.2, 0) is 5.41 Å². The van der Waals surface area contributed by atoms with Gasteiger partial charge < -0.3 is 0 Å². The van der Waals surface area contributed by atoms with E-state index in [0.717, 1.165) is 11.2 Å². The van der Waals surface area contributed by atoms with Gasteiger partial charge in [-0.2, -0.15) is 5.10 Å². The topological polar surface area (TPSA) is 28.7 Å². The van der Waals surface area contributed by atoms with Crippen LogP contribution < -0.4 is 0 Å². The van der Waals surface area contributed by atoms with Crippen molar-refractivity contribution in [2.45, 2.75) is 40.0 Å². The number of fused-ring (bicyclic) bond motifs is 1. The minimum absolute atomic E-state index is 0.165. The van der Waals surface area contributed by atoms with E-state index in [1.807, 2.05) is 0 Å². The largest absolute Gasteiger partial charge is 0.278 e. The normalized spacial score (nSPS) is 12.3. The Bertz CT molecular complexity index is 501. The zero-order chi connectivity index (χ0) is 11.2. The highest BCUT2D eigenvalue weighted by molar-refractivity contribution is 5.86. The Morgan fingerprint density at radius 2 is 1.80 bits per heavy atom. The molecule has 0 saturated carbocycles. The SMILES string of the molecule is Cc1ccc2[nH]nc(C)c2c1C(C)(C)C. The van der Waals surface area contributed by atoms with E-state index in [9.17, 15) is 0 Å². The molecule has 2 aromatic rings. The minimum atomic E-state index is 0.165. The number of hydrogen-bond donors (Lipinski definition) is 1. The molecule has 2 heteroatoms. The van der Waals surface area contributed by atoms with E-state index >= 15 is 0 Å². The molecule has 15 heavy (non-hydrogen) atoms. The summed E-state index contributed by atoms with van der Waals surface area (Å²) in [6.07, 6.45) is 0. The second-order valence-corrected chi connectivity index (χ2v) is 5.24. The van der Waals surface area contributed by atoms with Crippen LogP contribution in [0.1, 0.15) is 37.6 Å². The van der Waals surface area contributed by atoms with Crippen molar-refractivity contribution in [3.8, 4) is 0 Å². The van der Waals surface area contributed by atoms with Crippen LogP contribution >= 0.6 is 0 Å². The summed E-state index contributed by atoms with van der Waals surface area (Å²) >= 11 is 0. The first-order valence-electron chi connectivity index (χ1n) is 5.36. The molecule has 0 radical (unpaired) electrons. The average Bonchev–Trinajstić information content (AvgIpc) is 2.46. The van der Waals surface area contributed by atoms with Gasteiger partial charge in [0.2, 0.25) is 0 Å². The number of hydrogen-bond acceptors (Lipinski definition) is 1. The van der Waals surface area contributed by atoms with E-state index < -0.39 is 0 Å². The lowest BCUT2D eigenvalue weighted by Gasteiger charge is -2.23. The fraction of sp³-hybridized carbons (Fsp3) is 0.462. The van der Waals surface area contributed by atoms with Gasteiger partial charge in [0.05, 0.1) is 11.2 Å². The zero-order valence-electron chi connectivity index (χ0n) is 10.1. The summed E-state index contributed by atoms with van der Waals surface area (Å²) in [6, 6.07) is 4.28. The molecule has 1 heterocycles. The molecule has 0 atom stereocenters. The number of nitrogens with one attached hydrogen (secondary N) is 1. The van der Waals surface area contributed by atoms with E-state index in [1.165, 1.54) is 16.5 Å². The summed E-state index contributed by atoms with van der Waals surface area (Å²) in [5.41, 5.74) is 5.16. The zero-order valence-corrected chi connectivity index (χ0v) is 10.1. The van der Waals surface area contributed by atoms with Crippen LogP contribution in [0.25, 0.3) is 10.9 Å². The highest BCUT2D eigenvalue weighted by Crippen LogP contribution is 2.33. The van der Waals surface area contributed by atoms with Crippen LogP contribution in [0.5, 0.6) is 0 Å². The summed E-state index contributed by atoms with van der Waals surface area (Å²) < 4.78 is 0. The van der Waals surface area contributed by atoms with Gasteiger partial charge in [-0.25, -0.2) is 0 Å². The van der Waals surface area contributed by atoms with Gasteiger partial charge in [0.15, 0.2) is 0 Å². The maximum absolute atomic E-state index is 4.29. The Hall–Kier alpha value is -1.31. The maximum Gasteiger partial charge on any atom is 0.0673 e. The minimum Gasteiger partial charge on any atom is -0.278 e. The Balaban J connectivity index is 2.90. The molecule has 0 amide bonds. The van der Waals surface area contributed by atoms with Gasteiger partial charge in [-0.05, 0) is 36.5 Å². The van der Waals surface area contributed by atoms with Gasteiger partial charge in [0.25, 0.3) is 0 Å². The highest BCUT2D eigenvalue weighted by Gasteiger charge is 2.21. The first-order chi connectivity index (χ1) is 6.91. The fourth-order valence-electron chi connectivity index (χ4n) is 2.34. The van der Waals surface area contributed by atoms with Crippen LogP contribution in [0.4, 0.5) is 0 Å². The number of rotatable bonds is 0. The molecule has 80 valence electrons. The molecule has 0 fully saturated rings. The number of benzene rings is 1. The third-order valence-electron chi connectivity index (χ3n) is 2.87. The molecule has 0 unspecified atom stereocenters. The molecule has 0 aliphatic heterocycles. The summed E-state index contributed by atoms with van der Waals surface area (Å²) in [7, 11) is 0. The molecule has 1 N–H and O–H groups in total. The van der Waals surface area contributed by atoms with Crippen molar-refractivity contribution < 1.29 is 0 Å². The van der Waals surface area contributed by atoms with Crippen molar-refractivity contribution in [2.75, 3.05) is 0 Å². The summed E-state index contributed by atoms with van der Waals surface area (Å²) in [6.45, 7) is 11.0. The number of H-pyrrole nitrogens is 1. The van der Waals surface area contributed by atoms with Crippen LogP contribution in [0, 0.1) is 13.8 Å². The lowest BCUT2D eigenvalue weighted by Crippen LogP contribution is -2.13. The third-order valence-corrected chi connectivity index (χ3v) is 2.87. The van der Waals surface area contributed by atoms with Gasteiger partial charge >= 0.3 is 0 Å². The molecule has 2 nitrogen and oxygen atoms in total. The predicted octanol–water partition coefficient (Wildman–Crippen LogP) is 3.48. The monoisotopic (exact) mass is 202 g/mol. The molecular weight excluding hydrogens is 184 g/mol. The number of aromatic nitrogens is 2. The van der Waals surface area contributed by atoms with Crippen LogP contribution in [0.15, 0.2) is 12.1 Å². The van der Waals surface area contributed by atoms with Crippen molar-refractivity contribution in [1.29, 1.82) is 0 Å². The molecule has 1 aromatic carbocycles. The second-order valence-electron chi connectivity index (χ2n) is 5.24. The van der Waals surface area contributed by atoms with Crippen LogP contribution in [-0.4, -0.2) is 10.2 Å². The van der Waals surface area contributed by atoms with Crippen molar-refractivity contribution in [2.24, 2.45) is 0 Å². The Kier molecular flexibility index (Phi) is 2.10. The van der Waals surface area contributed by atoms with E-state index in [4.69, 9.17) is 0 Å². The van der Waals surface area contributed by atoms with Gasteiger partial charge in [-0.1, -0.05) is 26.8 Å². The van der Waals surface area contributed by atoms with Gasteiger partial charge in [-0.15, -0.1) is 0 Å². The van der Waals surface area contributed by atoms with Gasteiger partial charge in [-0.3, -0.25) is 5.10 Å². The van der Waals surface area contributed by atoms with Gasteiger partial charge in [0, 0.05) is 5.39 Å². The van der Waals surface area contributed by atoms with Crippen molar-refractivity contribution >= 4 is 10.9 Å². The second kappa shape index (κ2) is 3.09. The van der Waals surface area contributed by atoms with Crippen molar-refractivity contribution in [1.82, 2.24) is 10.2 Å². The molecule has 0 spiro atoms. The molecule has 1 aromatic heterocycles. The molecule has 0 aliphatic carbocycles. The molecular formula is C13H18N2. The number of aryl methyl sites for hydroxylation is 2. The molecule has 0 aliphatic rings. The molecule has 2 rings (SSSR count). The van der Waals surface area contributed by atoms with Crippen LogP contribution in [0.2, 0.25) is 0 Å². The third kappa shape index (κ3) is 1.54. The van der Waals surface area contributed by atoms with Crippen LogP contribution in [0.3, 0.4) is 0 Å². The van der Waals surface area contributed by atoms with E-state index in [-0.39, 0.29) is 5.41 Å².